The van der Waals surface area contributed by atoms with Crippen LogP contribution in [-0.2, 0) is 0 Å². The maximum atomic E-state index is 10.3. The minimum Gasteiger partial charge on any atom is -0.388 e. The second kappa shape index (κ2) is 2.47. The highest BCUT2D eigenvalue weighted by Crippen LogP contribution is 2.41. The van der Waals surface area contributed by atoms with Gasteiger partial charge in [0.2, 0.25) is 0 Å². The van der Waals surface area contributed by atoms with E-state index in [-0.39, 0.29) is 0 Å². The van der Waals surface area contributed by atoms with Crippen molar-refractivity contribution < 1.29 is 5.11 Å². The van der Waals surface area contributed by atoms with Crippen LogP contribution < -0.4 is 5.32 Å². The first kappa shape index (κ1) is 8.21. The average molecular weight is 182 g/mol. The van der Waals surface area contributed by atoms with E-state index in [1.807, 2.05) is 6.92 Å². The first-order valence-corrected chi connectivity index (χ1v) is 5.38. The van der Waals surface area contributed by atoms with E-state index in [4.69, 9.17) is 0 Å². The van der Waals surface area contributed by atoms with Gasteiger partial charge in [0.05, 0.1) is 11.6 Å². The van der Waals surface area contributed by atoms with Crippen molar-refractivity contribution in [3.63, 3.8) is 0 Å². The first-order valence-electron chi connectivity index (χ1n) is 5.38. The second-order valence-corrected chi connectivity index (χ2v) is 5.02. The summed E-state index contributed by atoms with van der Waals surface area (Å²) in [6.45, 7) is 5.09. The van der Waals surface area contributed by atoms with E-state index < -0.39 is 5.60 Å². The number of nitrogens with one attached hydrogen (secondary N) is 1. The Balaban J connectivity index is 1.87. The molecular weight excluding hydrogens is 164 g/mol. The number of aliphatic hydroxyl groups is 1. The SMILES string of the molecule is CC1(O)C2CNCC1N(C1CC1)C2. The monoisotopic (exact) mass is 182 g/mol. The van der Waals surface area contributed by atoms with Crippen LogP contribution in [-0.4, -0.2) is 47.3 Å². The highest BCUT2D eigenvalue weighted by Gasteiger charge is 2.54. The summed E-state index contributed by atoms with van der Waals surface area (Å²) in [6, 6.07) is 1.17. The van der Waals surface area contributed by atoms with Crippen LogP contribution in [0, 0.1) is 5.92 Å². The molecule has 2 bridgehead atoms. The topological polar surface area (TPSA) is 35.5 Å². The van der Waals surface area contributed by atoms with Gasteiger partial charge in [-0.05, 0) is 19.8 Å². The van der Waals surface area contributed by atoms with E-state index in [1.54, 1.807) is 0 Å². The Morgan fingerprint density at radius 3 is 2.77 bits per heavy atom. The van der Waals surface area contributed by atoms with E-state index in [2.05, 4.69) is 10.2 Å². The fourth-order valence-electron chi connectivity index (χ4n) is 2.97. The van der Waals surface area contributed by atoms with Gasteiger partial charge >= 0.3 is 0 Å². The van der Waals surface area contributed by atoms with Crippen molar-refractivity contribution in [3.05, 3.63) is 0 Å². The van der Waals surface area contributed by atoms with Crippen LogP contribution in [0.25, 0.3) is 0 Å². The smallest absolute Gasteiger partial charge is 0.0838 e. The van der Waals surface area contributed by atoms with Crippen molar-refractivity contribution in [2.45, 2.75) is 37.5 Å². The summed E-state index contributed by atoms with van der Waals surface area (Å²) in [5, 5.41) is 13.8. The Labute approximate surface area is 79.1 Å². The predicted octanol–water partition coefficient (Wildman–Crippen LogP) is -0.197. The molecule has 2 aliphatic heterocycles. The van der Waals surface area contributed by atoms with E-state index in [0.717, 1.165) is 25.7 Å². The fraction of sp³-hybridized carbons (Fsp3) is 1.00. The minimum atomic E-state index is -0.437. The molecule has 13 heavy (non-hydrogen) atoms. The normalized spacial score (nSPS) is 51.2. The standard InChI is InChI=1S/C10H18N2O/c1-10(13)7-4-11-5-9(10)12(6-7)8-2-3-8/h7-9,11,13H,2-6H2,1H3. The molecule has 3 atom stereocenters. The average Bonchev–Trinajstić information content (AvgIpc) is 2.87. The van der Waals surface area contributed by atoms with Crippen LogP contribution >= 0.6 is 0 Å². The van der Waals surface area contributed by atoms with Gasteiger partial charge < -0.3 is 10.4 Å². The van der Waals surface area contributed by atoms with Crippen LogP contribution in [0.1, 0.15) is 19.8 Å². The zero-order valence-electron chi connectivity index (χ0n) is 8.16. The molecule has 0 radical (unpaired) electrons. The molecule has 0 amide bonds. The third kappa shape index (κ3) is 1.07. The summed E-state index contributed by atoms with van der Waals surface area (Å²) in [5.41, 5.74) is -0.437. The molecule has 2 heterocycles. The Bertz CT molecular complexity index is 225. The Morgan fingerprint density at radius 1 is 1.38 bits per heavy atom. The number of nitrogens with zero attached hydrogens (tertiary/aromatic N) is 1. The molecule has 3 unspecified atom stereocenters. The molecule has 0 aromatic carbocycles. The van der Waals surface area contributed by atoms with Gasteiger partial charge in [0.15, 0.2) is 0 Å². The number of rotatable bonds is 1. The first-order chi connectivity index (χ1) is 6.19. The summed E-state index contributed by atoms with van der Waals surface area (Å²) in [7, 11) is 0. The van der Waals surface area contributed by atoms with E-state index in [1.165, 1.54) is 12.8 Å². The molecule has 0 spiro atoms. The zero-order chi connectivity index (χ0) is 9.05. The maximum Gasteiger partial charge on any atom is 0.0838 e. The van der Waals surface area contributed by atoms with Crippen molar-refractivity contribution in [1.29, 1.82) is 0 Å². The number of likely N-dealkylation sites (tertiary alicyclic amines) is 1. The summed E-state index contributed by atoms with van der Waals surface area (Å²) >= 11 is 0. The number of fused-ring (bicyclic) bond motifs is 2. The summed E-state index contributed by atoms with van der Waals surface area (Å²) in [5.74, 6) is 0.451. The Hall–Kier alpha value is -0.120. The molecule has 2 saturated heterocycles. The van der Waals surface area contributed by atoms with E-state index >= 15 is 0 Å². The van der Waals surface area contributed by atoms with Gasteiger partial charge in [-0.1, -0.05) is 0 Å². The number of piperidine rings is 1. The number of hydrogen-bond acceptors (Lipinski definition) is 3. The van der Waals surface area contributed by atoms with Gasteiger partial charge in [-0.2, -0.15) is 0 Å². The van der Waals surface area contributed by atoms with Gasteiger partial charge in [-0.3, -0.25) is 4.90 Å². The van der Waals surface area contributed by atoms with E-state index in [9.17, 15) is 5.11 Å². The molecule has 74 valence electrons. The van der Waals surface area contributed by atoms with Gasteiger partial charge in [0.25, 0.3) is 0 Å². The summed E-state index contributed by atoms with van der Waals surface area (Å²) in [6.07, 6.45) is 2.69. The van der Waals surface area contributed by atoms with Crippen LogP contribution in [0.5, 0.6) is 0 Å². The van der Waals surface area contributed by atoms with Crippen molar-refractivity contribution in [2.24, 2.45) is 5.92 Å². The van der Waals surface area contributed by atoms with Crippen LogP contribution in [0.2, 0.25) is 0 Å². The van der Waals surface area contributed by atoms with E-state index in [0.29, 0.717) is 12.0 Å². The Kier molecular flexibility index (Phi) is 1.56. The maximum absolute atomic E-state index is 10.3. The molecule has 1 saturated carbocycles. The Morgan fingerprint density at radius 2 is 2.15 bits per heavy atom. The minimum absolute atomic E-state index is 0.374. The lowest BCUT2D eigenvalue weighted by Crippen LogP contribution is -2.56. The molecule has 3 rings (SSSR count). The lowest BCUT2D eigenvalue weighted by atomic mass is 9.84. The zero-order valence-corrected chi connectivity index (χ0v) is 8.16. The molecule has 3 nitrogen and oxygen atoms in total. The molecule has 0 aromatic heterocycles. The van der Waals surface area contributed by atoms with Gasteiger partial charge in [0, 0.05) is 31.6 Å². The largest absolute Gasteiger partial charge is 0.388 e. The lowest BCUT2D eigenvalue weighted by molar-refractivity contribution is -0.0241. The summed E-state index contributed by atoms with van der Waals surface area (Å²) in [4.78, 5) is 2.53. The molecule has 3 fully saturated rings. The second-order valence-electron chi connectivity index (χ2n) is 5.02. The van der Waals surface area contributed by atoms with Crippen molar-refractivity contribution in [2.75, 3.05) is 19.6 Å². The molecule has 1 aliphatic carbocycles. The lowest BCUT2D eigenvalue weighted by Gasteiger charge is -2.37. The van der Waals surface area contributed by atoms with Gasteiger partial charge in [0.1, 0.15) is 0 Å². The molecule has 3 heteroatoms. The molecular formula is C10H18N2O. The molecule has 0 aromatic rings. The van der Waals surface area contributed by atoms with Crippen LogP contribution in [0.4, 0.5) is 0 Å². The summed E-state index contributed by atoms with van der Waals surface area (Å²) < 4.78 is 0. The van der Waals surface area contributed by atoms with Crippen LogP contribution in [0.3, 0.4) is 0 Å². The third-order valence-electron chi connectivity index (χ3n) is 4.08. The van der Waals surface area contributed by atoms with Crippen molar-refractivity contribution in [3.8, 4) is 0 Å². The fourth-order valence-corrected chi connectivity index (χ4v) is 2.97. The highest BCUT2D eigenvalue weighted by atomic mass is 16.3. The van der Waals surface area contributed by atoms with Crippen molar-refractivity contribution in [1.82, 2.24) is 10.2 Å². The highest BCUT2D eigenvalue weighted by molar-refractivity contribution is 5.10. The number of hydrogen-bond donors (Lipinski definition) is 2. The van der Waals surface area contributed by atoms with Crippen molar-refractivity contribution >= 4 is 0 Å². The predicted molar refractivity (Wildman–Crippen MR) is 50.5 cm³/mol. The third-order valence-corrected chi connectivity index (χ3v) is 4.08. The molecule has 2 N–H and O–H groups in total. The quantitative estimate of drug-likeness (QED) is 0.590. The van der Waals surface area contributed by atoms with Gasteiger partial charge in [-0.25, -0.2) is 0 Å². The van der Waals surface area contributed by atoms with Gasteiger partial charge in [-0.15, -0.1) is 0 Å². The molecule has 3 aliphatic rings. The van der Waals surface area contributed by atoms with Crippen LogP contribution in [0.15, 0.2) is 0 Å².